The number of hydrazine groups is 2. The van der Waals surface area contributed by atoms with Crippen molar-refractivity contribution < 1.29 is 42.2 Å². The van der Waals surface area contributed by atoms with E-state index in [1.807, 2.05) is 0 Å². The molecule has 0 bridgehead atoms. The summed E-state index contributed by atoms with van der Waals surface area (Å²) >= 11 is 11.8. The number of carbonyl (C=O) groups excluding carboxylic acids is 1. The van der Waals surface area contributed by atoms with E-state index in [-0.39, 0.29) is 34.4 Å². The number of nitrogens with one attached hydrogen (secondary N) is 1. The van der Waals surface area contributed by atoms with E-state index >= 15 is 0 Å². The minimum Gasteiger partial charge on any atom is -0.474 e. The van der Waals surface area contributed by atoms with Gasteiger partial charge in [0.15, 0.2) is 0 Å². The van der Waals surface area contributed by atoms with Crippen molar-refractivity contribution in [3.05, 3.63) is 33.3 Å². The number of aliphatic hydroxyl groups excluding tert-OH is 1. The fourth-order valence-corrected chi connectivity index (χ4v) is 3.24. The predicted octanol–water partition coefficient (Wildman–Crippen LogP) is 2.09. The monoisotopic (exact) mass is 473 g/mol. The van der Waals surface area contributed by atoms with Crippen molar-refractivity contribution >= 4 is 35.2 Å². The SMILES string of the molecule is CON(NOCOC(=O)C1=Cc2cc(Cl)cc(Cl)c2OC1C(F)(F)F)N1CC(O)C1. The number of carbonyl (C=O) groups is 1. The van der Waals surface area contributed by atoms with E-state index in [9.17, 15) is 23.1 Å². The Morgan fingerprint density at radius 1 is 1.40 bits per heavy atom. The maximum absolute atomic E-state index is 13.4. The number of hydrogen-bond acceptors (Lipinski definition) is 9. The first-order chi connectivity index (χ1) is 14.1. The Bertz CT molecular complexity index is 835. The summed E-state index contributed by atoms with van der Waals surface area (Å²) in [5.74, 6) is -1.56. The van der Waals surface area contributed by atoms with Crippen LogP contribution in [-0.2, 0) is 19.2 Å². The first-order valence-electron chi connectivity index (χ1n) is 8.36. The van der Waals surface area contributed by atoms with Gasteiger partial charge in [0.05, 0.1) is 23.8 Å². The van der Waals surface area contributed by atoms with Gasteiger partial charge in [-0.25, -0.2) is 9.63 Å². The maximum Gasteiger partial charge on any atom is 0.430 e. The van der Waals surface area contributed by atoms with Crippen LogP contribution >= 0.6 is 23.2 Å². The Balaban J connectivity index is 1.65. The highest BCUT2D eigenvalue weighted by Gasteiger charge is 2.49. The van der Waals surface area contributed by atoms with Gasteiger partial charge in [0.2, 0.25) is 12.9 Å². The van der Waals surface area contributed by atoms with E-state index in [2.05, 4.69) is 5.59 Å². The van der Waals surface area contributed by atoms with Gasteiger partial charge in [-0.05, 0) is 23.5 Å². The largest absolute Gasteiger partial charge is 0.474 e. The normalized spacial score (nSPS) is 19.7. The summed E-state index contributed by atoms with van der Waals surface area (Å²) < 4.78 is 50.0. The van der Waals surface area contributed by atoms with Crippen LogP contribution in [0.4, 0.5) is 13.2 Å². The molecule has 2 heterocycles. The number of esters is 1. The number of fused-ring (bicyclic) bond motifs is 1. The summed E-state index contributed by atoms with van der Waals surface area (Å²) in [4.78, 5) is 22.0. The summed E-state index contributed by atoms with van der Waals surface area (Å²) in [5, 5.41) is 11.8. The van der Waals surface area contributed by atoms with Crippen molar-refractivity contribution in [3.63, 3.8) is 0 Å². The zero-order chi connectivity index (χ0) is 22.1. The highest BCUT2D eigenvalue weighted by Crippen LogP contribution is 2.42. The first-order valence-corrected chi connectivity index (χ1v) is 9.11. The highest BCUT2D eigenvalue weighted by atomic mass is 35.5. The van der Waals surface area contributed by atoms with Crippen molar-refractivity contribution in [1.29, 1.82) is 0 Å². The van der Waals surface area contributed by atoms with Crippen LogP contribution in [0, 0.1) is 0 Å². The highest BCUT2D eigenvalue weighted by molar-refractivity contribution is 6.36. The second-order valence-electron chi connectivity index (χ2n) is 6.21. The lowest BCUT2D eigenvalue weighted by atomic mass is 10.0. The molecule has 0 amide bonds. The second kappa shape index (κ2) is 9.24. The summed E-state index contributed by atoms with van der Waals surface area (Å²) in [6.45, 7) is -0.210. The van der Waals surface area contributed by atoms with Gasteiger partial charge in [0.25, 0.3) is 0 Å². The van der Waals surface area contributed by atoms with Crippen molar-refractivity contribution in [2.75, 3.05) is 27.0 Å². The molecule has 1 atom stereocenters. The molecule has 1 unspecified atom stereocenters. The third-order valence-corrected chi connectivity index (χ3v) is 4.56. The van der Waals surface area contributed by atoms with Crippen LogP contribution in [0.2, 0.25) is 10.0 Å². The van der Waals surface area contributed by atoms with Gasteiger partial charge in [-0.1, -0.05) is 28.8 Å². The molecule has 1 fully saturated rings. The molecule has 1 saturated heterocycles. The lowest BCUT2D eigenvalue weighted by Crippen LogP contribution is -2.62. The van der Waals surface area contributed by atoms with Crippen LogP contribution in [-0.4, -0.2) is 66.7 Å². The number of rotatable bonds is 7. The molecule has 14 heteroatoms. The van der Waals surface area contributed by atoms with E-state index in [0.29, 0.717) is 0 Å². The number of hydrogen-bond donors (Lipinski definition) is 2. The third kappa shape index (κ3) is 5.15. The number of aliphatic hydroxyl groups is 1. The molecule has 1 aromatic rings. The first kappa shape index (κ1) is 23.0. The van der Waals surface area contributed by atoms with E-state index in [1.54, 1.807) is 0 Å². The zero-order valence-corrected chi connectivity index (χ0v) is 16.8. The number of halogens is 5. The molecule has 9 nitrogen and oxygen atoms in total. The second-order valence-corrected chi connectivity index (χ2v) is 7.05. The zero-order valence-electron chi connectivity index (χ0n) is 15.3. The molecule has 0 saturated carbocycles. The molecule has 2 aliphatic rings. The molecule has 0 aromatic heterocycles. The van der Waals surface area contributed by atoms with Crippen LogP contribution < -0.4 is 10.3 Å². The van der Waals surface area contributed by atoms with Crippen LogP contribution in [0.5, 0.6) is 5.75 Å². The molecule has 0 aliphatic carbocycles. The smallest absolute Gasteiger partial charge is 0.430 e. The molecule has 1 aromatic carbocycles. The Hall–Kier alpha value is -1.64. The Morgan fingerprint density at radius 3 is 2.70 bits per heavy atom. The van der Waals surface area contributed by atoms with Crippen molar-refractivity contribution in [2.24, 2.45) is 0 Å². The maximum atomic E-state index is 13.4. The fraction of sp³-hybridized carbons (Fsp3) is 0.438. The standard InChI is InChI=1S/C16H16Cl2F3N3O6/c1-27-24(23-5-10(25)6-23)22-29-7-28-15(26)11-3-8-2-9(17)4-12(18)13(8)30-14(11)16(19,20)21/h2-4,10,14,22,25H,5-7H2,1H3. The van der Waals surface area contributed by atoms with Crippen molar-refractivity contribution in [2.45, 2.75) is 18.4 Å². The molecule has 2 N–H and O–H groups in total. The number of alkyl halides is 3. The number of nitrogens with zero attached hydrogens (tertiary/aromatic N) is 2. The average Bonchev–Trinajstić information content (AvgIpc) is 2.64. The van der Waals surface area contributed by atoms with Gasteiger partial charge >= 0.3 is 12.1 Å². The molecule has 0 spiro atoms. The molecular formula is C16H16Cl2F3N3O6. The summed E-state index contributed by atoms with van der Waals surface area (Å²) in [7, 11) is 1.30. The van der Waals surface area contributed by atoms with E-state index in [4.69, 9.17) is 42.4 Å². The number of β-amino-alcohol motifs (C(OH)–C–C–N with tert-alkyl or cyclic N) is 1. The summed E-state index contributed by atoms with van der Waals surface area (Å²) in [5.41, 5.74) is 1.56. The lowest BCUT2D eigenvalue weighted by molar-refractivity contribution is -0.389. The van der Waals surface area contributed by atoms with Gasteiger partial charge in [-0.2, -0.15) is 18.2 Å². The molecule has 0 radical (unpaired) electrons. The Kier molecular flexibility index (Phi) is 7.09. The summed E-state index contributed by atoms with van der Waals surface area (Å²) in [6.07, 6.45) is -7.06. The van der Waals surface area contributed by atoms with Crippen molar-refractivity contribution in [1.82, 2.24) is 15.9 Å². The molecule has 2 aliphatic heterocycles. The topological polar surface area (TPSA) is 92.7 Å². The van der Waals surface area contributed by atoms with Gasteiger partial charge in [0.1, 0.15) is 5.75 Å². The number of benzene rings is 1. The van der Waals surface area contributed by atoms with Gasteiger partial charge in [-0.15, -0.1) is 0 Å². The van der Waals surface area contributed by atoms with Crippen LogP contribution in [0.15, 0.2) is 17.7 Å². The predicted molar refractivity (Wildman–Crippen MR) is 96.5 cm³/mol. The number of ether oxygens (including phenoxy) is 2. The fourth-order valence-electron chi connectivity index (χ4n) is 2.69. The quantitative estimate of drug-likeness (QED) is 0.267. The summed E-state index contributed by atoms with van der Waals surface area (Å²) in [6, 6.07) is 2.53. The van der Waals surface area contributed by atoms with Crippen molar-refractivity contribution in [3.8, 4) is 5.75 Å². The molecule has 166 valence electrons. The third-order valence-electron chi connectivity index (χ3n) is 4.06. The van der Waals surface area contributed by atoms with Gasteiger partial charge < -0.3 is 14.6 Å². The lowest BCUT2D eigenvalue weighted by Gasteiger charge is -2.40. The minimum absolute atomic E-state index is 0.0980. The average molecular weight is 474 g/mol. The minimum atomic E-state index is -4.91. The van der Waals surface area contributed by atoms with Crippen LogP contribution in [0.3, 0.4) is 0 Å². The van der Waals surface area contributed by atoms with Gasteiger partial charge in [0, 0.05) is 23.7 Å². The van der Waals surface area contributed by atoms with Crippen LogP contribution in [0.25, 0.3) is 6.08 Å². The van der Waals surface area contributed by atoms with E-state index in [1.165, 1.54) is 24.3 Å². The van der Waals surface area contributed by atoms with Crippen LogP contribution in [0.1, 0.15) is 5.56 Å². The van der Waals surface area contributed by atoms with E-state index < -0.39 is 36.7 Å². The molecule has 3 rings (SSSR count). The van der Waals surface area contributed by atoms with Gasteiger partial charge in [-0.3, -0.25) is 4.84 Å². The Morgan fingerprint density at radius 2 is 2.10 bits per heavy atom. The van der Waals surface area contributed by atoms with E-state index in [0.717, 1.165) is 11.4 Å². The molecular weight excluding hydrogens is 458 g/mol. The molecule has 30 heavy (non-hydrogen) atoms. The Labute approximate surface area is 178 Å².